The number of carbonyl (C=O) groups is 2. The van der Waals surface area contributed by atoms with Gasteiger partial charge in [-0.25, -0.2) is 4.79 Å². The van der Waals surface area contributed by atoms with E-state index in [1.54, 1.807) is 12.1 Å². The number of hydrogen-bond acceptors (Lipinski definition) is 3. The SMILES string of the molecule is O=C(O)c1ccc(-c2ccc(CCNC(=O)c3cc(Cl)ccc3OCCC(F)(F)C(F)(F)F)cc2)cc1. The normalized spacial score (nSPS) is 11.7. The third-order valence-electron chi connectivity index (χ3n) is 5.39. The molecule has 37 heavy (non-hydrogen) atoms. The van der Waals surface area contributed by atoms with Gasteiger partial charge in [-0.1, -0.05) is 48.0 Å². The first-order valence-electron chi connectivity index (χ1n) is 10.9. The molecule has 0 radical (unpaired) electrons. The number of carboxylic acids is 1. The summed E-state index contributed by atoms with van der Waals surface area (Å²) in [5.74, 6) is -6.73. The molecule has 0 aromatic heterocycles. The second-order valence-electron chi connectivity index (χ2n) is 8.03. The fraction of sp³-hybridized carbons (Fsp3) is 0.231. The molecule has 2 N–H and O–H groups in total. The number of amides is 1. The topological polar surface area (TPSA) is 75.6 Å². The highest BCUT2D eigenvalue weighted by molar-refractivity contribution is 6.31. The number of hydrogen-bond donors (Lipinski definition) is 2. The van der Waals surface area contributed by atoms with E-state index in [4.69, 9.17) is 21.4 Å². The van der Waals surface area contributed by atoms with Crippen molar-refractivity contribution < 1.29 is 41.4 Å². The van der Waals surface area contributed by atoms with Crippen LogP contribution in [-0.2, 0) is 6.42 Å². The second kappa shape index (κ2) is 11.6. The van der Waals surface area contributed by atoms with Crippen LogP contribution in [0.2, 0.25) is 5.02 Å². The van der Waals surface area contributed by atoms with Crippen LogP contribution in [0.5, 0.6) is 5.75 Å². The minimum Gasteiger partial charge on any atom is -0.493 e. The van der Waals surface area contributed by atoms with E-state index >= 15 is 0 Å². The highest BCUT2D eigenvalue weighted by atomic mass is 35.5. The molecule has 0 aliphatic rings. The summed E-state index contributed by atoms with van der Waals surface area (Å²) in [6.07, 6.45) is -6.85. The number of rotatable bonds is 10. The van der Waals surface area contributed by atoms with Gasteiger partial charge in [0, 0.05) is 11.6 Å². The molecule has 3 aromatic carbocycles. The fourth-order valence-electron chi connectivity index (χ4n) is 3.32. The number of carboxylic acid groups (broad SMARTS) is 1. The molecule has 0 aliphatic carbocycles. The number of ether oxygens (including phenoxy) is 1. The standard InChI is InChI=1S/C26H21ClF5NO4/c27-20-9-10-22(37-14-12-25(28,29)26(30,31)32)21(15-20)23(34)33-13-11-16-1-3-17(4-2-16)18-5-7-19(8-6-18)24(35)36/h1-10,15H,11-14H2,(H,33,34)(H,35,36). The minimum absolute atomic E-state index is 0.0945. The average molecular weight is 542 g/mol. The van der Waals surface area contributed by atoms with E-state index in [-0.39, 0.29) is 28.4 Å². The largest absolute Gasteiger partial charge is 0.493 e. The zero-order valence-corrected chi connectivity index (χ0v) is 19.9. The van der Waals surface area contributed by atoms with Crippen molar-refractivity contribution >= 4 is 23.5 Å². The fourth-order valence-corrected chi connectivity index (χ4v) is 3.49. The van der Waals surface area contributed by atoms with Crippen molar-refractivity contribution in [3.63, 3.8) is 0 Å². The number of alkyl halides is 5. The molecule has 0 saturated carbocycles. The van der Waals surface area contributed by atoms with Crippen LogP contribution in [0.3, 0.4) is 0 Å². The molecule has 1 amide bonds. The highest BCUT2D eigenvalue weighted by Crippen LogP contribution is 2.38. The van der Waals surface area contributed by atoms with Crippen molar-refractivity contribution in [2.24, 2.45) is 0 Å². The van der Waals surface area contributed by atoms with Gasteiger partial charge in [0.05, 0.1) is 24.2 Å². The van der Waals surface area contributed by atoms with Gasteiger partial charge in [0.1, 0.15) is 5.75 Å². The van der Waals surface area contributed by atoms with E-state index in [0.717, 1.165) is 16.7 Å². The van der Waals surface area contributed by atoms with Gasteiger partial charge in [0.2, 0.25) is 0 Å². The van der Waals surface area contributed by atoms with Crippen molar-refractivity contribution in [1.82, 2.24) is 5.32 Å². The van der Waals surface area contributed by atoms with Crippen molar-refractivity contribution in [3.05, 3.63) is 88.4 Å². The molecule has 0 bridgehead atoms. The summed E-state index contributed by atoms with van der Waals surface area (Å²) < 4.78 is 68.3. The van der Waals surface area contributed by atoms with Gasteiger partial charge in [0.15, 0.2) is 0 Å². The molecule has 0 fully saturated rings. The smallest absolute Gasteiger partial charge is 0.453 e. The van der Waals surface area contributed by atoms with E-state index in [0.29, 0.717) is 6.42 Å². The van der Waals surface area contributed by atoms with E-state index in [9.17, 15) is 31.5 Å². The number of carbonyl (C=O) groups excluding carboxylic acids is 1. The molecule has 196 valence electrons. The summed E-state index contributed by atoms with van der Waals surface area (Å²) in [6, 6.07) is 17.6. The van der Waals surface area contributed by atoms with Crippen LogP contribution in [0.4, 0.5) is 22.0 Å². The first-order chi connectivity index (χ1) is 17.4. The molecule has 11 heteroatoms. The molecule has 0 spiro atoms. The molecule has 0 saturated heterocycles. The van der Waals surface area contributed by atoms with Crippen molar-refractivity contribution in [1.29, 1.82) is 0 Å². The molecule has 0 heterocycles. The van der Waals surface area contributed by atoms with Crippen molar-refractivity contribution in [3.8, 4) is 16.9 Å². The molecule has 0 aliphatic heterocycles. The van der Waals surface area contributed by atoms with Crippen molar-refractivity contribution in [2.75, 3.05) is 13.2 Å². The van der Waals surface area contributed by atoms with E-state index < -0.39 is 37.0 Å². The summed E-state index contributed by atoms with van der Waals surface area (Å²) in [7, 11) is 0. The van der Waals surface area contributed by atoms with Gasteiger partial charge in [-0.15, -0.1) is 0 Å². The lowest BCUT2D eigenvalue weighted by molar-refractivity contribution is -0.285. The Balaban J connectivity index is 1.57. The predicted molar refractivity (Wildman–Crippen MR) is 127 cm³/mol. The van der Waals surface area contributed by atoms with Gasteiger partial charge < -0.3 is 15.2 Å². The van der Waals surface area contributed by atoms with Crippen LogP contribution in [0, 0.1) is 0 Å². The van der Waals surface area contributed by atoms with Gasteiger partial charge >= 0.3 is 18.1 Å². The minimum atomic E-state index is -5.69. The van der Waals surface area contributed by atoms with E-state index in [2.05, 4.69) is 5.32 Å². The van der Waals surface area contributed by atoms with Gasteiger partial charge in [-0.05, 0) is 53.4 Å². The Hall–Kier alpha value is -3.66. The Morgan fingerprint density at radius 1 is 0.892 bits per heavy atom. The molecule has 5 nitrogen and oxygen atoms in total. The van der Waals surface area contributed by atoms with Crippen LogP contribution in [-0.4, -0.2) is 42.2 Å². The highest BCUT2D eigenvalue weighted by Gasteiger charge is 2.56. The first kappa shape index (κ1) is 27.9. The maximum absolute atomic E-state index is 13.1. The predicted octanol–water partition coefficient (Wildman–Crippen LogP) is 6.64. The quantitative estimate of drug-likeness (QED) is 0.282. The van der Waals surface area contributed by atoms with Crippen LogP contribution in [0.1, 0.15) is 32.7 Å². The number of benzene rings is 3. The third kappa shape index (κ3) is 7.42. The molecule has 0 atom stereocenters. The summed E-state index contributed by atoms with van der Waals surface area (Å²) in [5, 5.41) is 11.8. The molecule has 3 aromatic rings. The summed E-state index contributed by atoms with van der Waals surface area (Å²) in [4.78, 5) is 23.6. The number of nitrogens with one attached hydrogen (secondary N) is 1. The van der Waals surface area contributed by atoms with Crippen LogP contribution in [0.15, 0.2) is 66.7 Å². The Labute approximate surface area is 213 Å². The molecule has 0 unspecified atom stereocenters. The maximum Gasteiger partial charge on any atom is 0.453 e. The van der Waals surface area contributed by atoms with Crippen LogP contribution in [0.25, 0.3) is 11.1 Å². The molecular formula is C26H21ClF5NO4. The van der Waals surface area contributed by atoms with E-state index in [1.165, 1.54) is 30.3 Å². The van der Waals surface area contributed by atoms with Crippen LogP contribution >= 0.6 is 11.6 Å². The Morgan fingerprint density at radius 2 is 1.49 bits per heavy atom. The lowest BCUT2D eigenvalue weighted by Crippen LogP contribution is -2.37. The Bertz CT molecular complexity index is 1250. The monoisotopic (exact) mass is 541 g/mol. The Kier molecular flexibility index (Phi) is 8.75. The van der Waals surface area contributed by atoms with E-state index in [1.807, 2.05) is 24.3 Å². The lowest BCUT2D eigenvalue weighted by Gasteiger charge is -2.20. The third-order valence-corrected chi connectivity index (χ3v) is 5.63. The first-order valence-corrected chi connectivity index (χ1v) is 11.3. The summed E-state index contributed by atoms with van der Waals surface area (Å²) >= 11 is 5.91. The van der Waals surface area contributed by atoms with Gasteiger partial charge in [-0.2, -0.15) is 22.0 Å². The molecule has 3 rings (SSSR count). The van der Waals surface area contributed by atoms with Gasteiger partial charge in [-0.3, -0.25) is 4.79 Å². The number of aromatic carboxylic acids is 1. The average Bonchev–Trinajstić information content (AvgIpc) is 2.84. The maximum atomic E-state index is 13.1. The lowest BCUT2D eigenvalue weighted by atomic mass is 10.0. The second-order valence-corrected chi connectivity index (χ2v) is 8.46. The van der Waals surface area contributed by atoms with Gasteiger partial charge in [0.25, 0.3) is 5.91 Å². The van der Waals surface area contributed by atoms with Crippen molar-refractivity contribution in [2.45, 2.75) is 24.9 Å². The zero-order valence-electron chi connectivity index (χ0n) is 19.1. The summed E-state index contributed by atoms with van der Waals surface area (Å²) in [5.41, 5.74) is 2.70. The zero-order chi connectivity index (χ0) is 27.2. The summed E-state index contributed by atoms with van der Waals surface area (Å²) in [6.45, 7) is -0.761. The molecular weight excluding hydrogens is 521 g/mol. The number of halogens is 6. The van der Waals surface area contributed by atoms with Crippen LogP contribution < -0.4 is 10.1 Å². The Morgan fingerprint density at radius 3 is 2.05 bits per heavy atom.